The molecule has 1 amide bonds. The Hall–Kier alpha value is -2.96. The first kappa shape index (κ1) is 25.7. The summed E-state index contributed by atoms with van der Waals surface area (Å²) in [5.41, 5.74) is 6.73. The lowest BCUT2D eigenvalue weighted by molar-refractivity contribution is -0.119. The van der Waals surface area contributed by atoms with Crippen LogP contribution in [0.1, 0.15) is 70.4 Å². The number of fused-ring (bicyclic) bond motifs is 2. The molecule has 3 heterocycles. The highest BCUT2D eigenvalue weighted by Crippen LogP contribution is 2.34. The van der Waals surface area contributed by atoms with Gasteiger partial charge in [-0.05, 0) is 92.6 Å². The van der Waals surface area contributed by atoms with Gasteiger partial charge in [0, 0.05) is 53.8 Å². The maximum atomic E-state index is 13.9. The molecule has 0 unspecified atom stereocenters. The summed E-state index contributed by atoms with van der Waals surface area (Å²) in [7, 11) is 1.93. The number of rotatable bonds is 7. The average Bonchev–Trinajstić information content (AvgIpc) is 3.14. The number of piperidine rings is 1. The third kappa shape index (κ3) is 5.81. The number of hydrogen-bond acceptors (Lipinski definition) is 4. The van der Waals surface area contributed by atoms with Crippen LogP contribution in [0.25, 0.3) is 0 Å². The van der Waals surface area contributed by atoms with Gasteiger partial charge in [0.2, 0.25) is 0 Å². The number of aryl methyl sites for hydroxylation is 3. The minimum atomic E-state index is -0.0395. The number of amides is 1. The third-order valence-electron chi connectivity index (χ3n) is 7.92. The Balaban J connectivity index is 1.28. The van der Waals surface area contributed by atoms with Crippen LogP contribution in [0, 0.1) is 12.8 Å². The molecule has 0 aliphatic carbocycles. The Bertz CT molecular complexity index is 1310. The first-order valence-electron chi connectivity index (χ1n) is 13.3. The van der Waals surface area contributed by atoms with Crippen molar-refractivity contribution < 1.29 is 9.59 Å². The Morgan fingerprint density at radius 2 is 1.89 bits per heavy atom. The van der Waals surface area contributed by atoms with E-state index in [2.05, 4.69) is 16.5 Å². The number of Topliss-reactive ketones (excluding diaryl/α,β-unsaturated/α-hetero) is 1. The van der Waals surface area contributed by atoms with Crippen molar-refractivity contribution in [2.45, 2.75) is 58.4 Å². The molecular weight excluding hydrogens is 484 g/mol. The van der Waals surface area contributed by atoms with Crippen molar-refractivity contribution in [1.29, 1.82) is 0 Å². The van der Waals surface area contributed by atoms with Gasteiger partial charge in [0.05, 0.1) is 12.7 Å². The van der Waals surface area contributed by atoms with E-state index < -0.39 is 0 Å². The number of benzene rings is 2. The number of halogens is 1. The van der Waals surface area contributed by atoms with Crippen molar-refractivity contribution in [3.63, 3.8) is 0 Å². The van der Waals surface area contributed by atoms with Crippen molar-refractivity contribution in [3.8, 4) is 0 Å². The molecule has 0 bridgehead atoms. The fourth-order valence-corrected chi connectivity index (χ4v) is 5.85. The molecule has 7 heteroatoms. The van der Waals surface area contributed by atoms with Crippen LogP contribution in [0.3, 0.4) is 0 Å². The highest BCUT2D eigenvalue weighted by Gasteiger charge is 2.28. The molecule has 1 saturated heterocycles. The van der Waals surface area contributed by atoms with Gasteiger partial charge in [0.1, 0.15) is 5.78 Å². The number of nitrogens with zero attached hydrogens (tertiary/aromatic N) is 3. The van der Waals surface area contributed by atoms with Gasteiger partial charge in [0.25, 0.3) is 5.91 Å². The number of carbonyl (C=O) groups excluding carboxylic acids is 2. The SMILES string of the molecule is Cc1cc(CCC(=O)CCC2CCNCC2)ccc1C(=O)N1Cc2cnn(C)c2Cc2cc(Cl)ccc21. The number of anilines is 1. The van der Waals surface area contributed by atoms with Crippen molar-refractivity contribution in [2.24, 2.45) is 13.0 Å². The minimum absolute atomic E-state index is 0.0395. The maximum Gasteiger partial charge on any atom is 0.258 e. The second-order valence-electron chi connectivity index (χ2n) is 10.5. The molecule has 2 aliphatic heterocycles. The predicted molar refractivity (Wildman–Crippen MR) is 147 cm³/mol. The quantitative estimate of drug-likeness (QED) is 0.454. The highest BCUT2D eigenvalue weighted by atomic mass is 35.5. The van der Waals surface area contributed by atoms with Crippen LogP contribution in [0.5, 0.6) is 0 Å². The van der Waals surface area contributed by atoms with E-state index in [9.17, 15) is 9.59 Å². The minimum Gasteiger partial charge on any atom is -0.317 e. The fraction of sp³-hybridized carbons (Fsp3) is 0.433. The zero-order valence-electron chi connectivity index (χ0n) is 21.7. The van der Waals surface area contributed by atoms with Crippen LogP contribution in [0.4, 0.5) is 5.69 Å². The number of aromatic nitrogens is 2. The van der Waals surface area contributed by atoms with Gasteiger partial charge < -0.3 is 10.2 Å². The lowest BCUT2D eigenvalue weighted by atomic mass is 9.91. The molecule has 0 spiro atoms. The summed E-state index contributed by atoms with van der Waals surface area (Å²) in [6.45, 7) is 4.59. The van der Waals surface area contributed by atoms with E-state index in [0.29, 0.717) is 54.5 Å². The van der Waals surface area contributed by atoms with E-state index in [1.165, 1.54) is 12.8 Å². The standard InChI is InChI=1S/C30H35ClN4O2/c1-20-15-22(4-8-26(36)7-3-21-11-13-32-14-12-21)5-9-27(20)30(37)35-19-24-18-33-34(2)29(24)17-23-16-25(31)6-10-28(23)35/h5-6,9-10,15-16,18,21,32H,3-4,7-8,11-14,17,19H2,1-2H3. The van der Waals surface area contributed by atoms with Crippen molar-refractivity contribution in [3.05, 3.63) is 81.1 Å². The predicted octanol–water partition coefficient (Wildman–Crippen LogP) is 5.41. The fourth-order valence-electron chi connectivity index (χ4n) is 5.66. The third-order valence-corrected chi connectivity index (χ3v) is 8.15. The topological polar surface area (TPSA) is 67.2 Å². The summed E-state index contributed by atoms with van der Waals surface area (Å²) in [5.74, 6) is 0.978. The second-order valence-corrected chi connectivity index (χ2v) is 10.9. The molecular formula is C30H35ClN4O2. The van der Waals surface area contributed by atoms with Gasteiger partial charge in [-0.3, -0.25) is 14.3 Å². The van der Waals surface area contributed by atoms with Crippen LogP contribution < -0.4 is 10.2 Å². The van der Waals surface area contributed by atoms with Crippen LogP contribution in [0.15, 0.2) is 42.6 Å². The van der Waals surface area contributed by atoms with E-state index in [-0.39, 0.29) is 5.91 Å². The molecule has 0 radical (unpaired) electrons. The van der Waals surface area contributed by atoms with Crippen molar-refractivity contribution in [2.75, 3.05) is 18.0 Å². The van der Waals surface area contributed by atoms with Crippen molar-refractivity contribution in [1.82, 2.24) is 15.1 Å². The molecule has 0 saturated carbocycles. The number of carbonyl (C=O) groups is 2. The molecule has 1 fully saturated rings. The van der Waals surface area contributed by atoms with E-state index in [4.69, 9.17) is 11.6 Å². The molecule has 194 valence electrons. The molecule has 2 aliphatic rings. The van der Waals surface area contributed by atoms with Gasteiger partial charge in [-0.25, -0.2) is 0 Å². The van der Waals surface area contributed by atoms with Gasteiger partial charge >= 0.3 is 0 Å². The smallest absolute Gasteiger partial charge is 0.258 e. The molecule has 5 rings (SSSR count). The van der Waals surface area contributed by atoms with Crippen LogP contribution >= 0.6 is 11.6 Å². The summed E-state index contributed by atoms with van der Waals surface area (Å²) in [6, 6.07) is 11.7. The number of nitrogens with one attached hydrogen (secondary N) is 1. The summed E-state index contributed by atoms with van der Waals surface area (Å²) in [6.07, 6.45) is 7.84. The van der Waals surface area contributed by atoms with Gasteiger partial charge in [-0.2, -0.15) is 5.10 Å². The molecule has 1 N–H and O–H groups in total. The lowest BCUT2D eigenvalue weighted by Gasteiger charge is -2.24. The molecule has 3 aromatic rings. The number of ketones is 1. The Morgan fingerprint density at radius 3 is 2.68 bits per heavy atom. The van der Waals surface area contributed by atoms with E-state index in [0.717, 1.165) is 53.1 Å². The zero-order valence-corrected chi connectivity index (χ0v) is 22.5. The molecule has 1 aromatic heterocycles. The monoisotopic (exact) mass is 518 g/mol. The Labute approximate surface area is 224 Å². The molecule has 37 heavy (non-hydrogen) atoms. The first-order valence-corrected chi connectivity index (χ1v) is 13.7. The Morgan fingerprint density at radius 1 is 1.08 bits per heavy atom. The first-order chi connectivity index (χ1) is 17.9. The molecule has 6 nitrogen and oxygen atoms in total. The number of hydrogen-bond donors (Lipinski definition) is 1. The van der Waals surface area contributed by atoms with Crippen molar-refractivity contribution >= 4 is 29.0 Å². The Kier molecular flexibility index (Phi) is 7.77. The van der Waals surface area contributed by atoms with Gasteiger partial charge in [0.15, 0.2) is 0 Å². The van der Waals surface area contributed by atoms with E-state index in [1.807, 2.05) is 60.1 Å². The zero-order chi connectivity index (χ0) is 25.9. The average molecular weight is 519 g/mol. The van der Waals surface area contributed by atoms with Gasteiger partial charge in [-0.15, -0.1) is 0 Å². The van der Waals surface area contributed by atoms with Crippen LogP contribution in [0.2, 0.25) is 5.02 Å². The van der Waals surface area contributed by atoms with E-state index in [1.54, 1.807) is 0 Å². The van der Waals surface area contributed by atoms with Gasteiger partial charge in [-0.1, -0.05) is 23.7 Å². The molecule has 2 aromatic carbocycles. The summed E-state index contributed by atoms with van der Waals surface area (Å²) in [5, 5.41) is 8.46. The normalized spacial score (nSPS) is 15.7. The van der Waals surface area contributed by atoms with Crippen LogP contribution in [-0.2, 0) is 31.2 Å². The second kappa shape index (κ2) is 11.2. The molecule has 0 atom stereocenters. The van der Waals surface area contributed by atoms with Crippen LogP contribution in [-0.4, -0.2) is 34.6 Å². The summed E-state index contributed by atoms with van der Waals surface area (Å²) >= 11 is 6.32. The summed E-state index contributed by atoms with van der Waals surface area (Å²) in [4.78, 5) is 28.2. The lowest BCUT2D eigenvalue weighted by Crippen LogP contribution is -2.31. The maximum absolute atomic E-state index is 13.9. The largest absolute Gasteiger partial charge is 0.317 e. The highest BCUT2D eigenvalue weighted by molar-refractivity contribution is 6.30. The van der Waals surface area contributed by atoms with E-state index >= 15 is 0 Å². The summed E-state index contributed by atoms with van der Waals surface area (Å²) < 4.78 is 1.88.